The maximum absolute atomic E-state index is 13.0. The van der Waals surface area contributed by atoms with Gasteiger partial charge in [-0.25, -0.2) is 14.6 Å². The second-order valence-electron chi connectivity index (χ2n) is 4.95. The van der Waals surface area contributed by atoms with Crippen LogP contribution in [0.3, 0.4) is 0 Å². The maximum atomic E-state index is 13.0. The predicted molar refractivity (Wildman–Crippen MR) is 89.5 cm³/mol. The Morgan fingerprint density at radius 3 is 2.72 bits per heavy atom. The van der Waals surface area contributed by atoms with Crippen molar-refractivity contribution in [1.82, 2.24) is 20.4 Å². The molecule has 0 fully saturated rings. The molecule has 0 aliphatic carbocycles. The van der Waals surface area contributed by atoms with E-state index < -0.39 is 17.4 Å². The number of hydrogen-bond acceptors (Lipinski definition) is 5. The number of aromatic nitrogens is 3. The summed E-state index contributed by atoms with van der Waals surface area (Å²) >= 11 is 0. The summed E-state index contributed by atoms with van der Waals surface area (Å²) in [4.78, 5) is 33.9. The summed E-state index contributed by atoms with van der Waals surface area (Å²) in [6, 6.07) is 12.1. The molecule has 0 aliphatic heterocycles. The van der Waals surface area contributed by atoms with E-state index in [-0.39, 0.29) is 11.4 Å². The fourth-order valence-corrected chi connectivity index (χ4v) is 2.02. The van der Waals surface area contributed by atoms with E-state index in [1.54, 1.807) is 24.4 Å². The fourth-order valence-electron chi connectivity index (χ4n) is 2.02. The Morgan fingerprint density at radius 2 is 2.00 bits per heavy atom. The van der Waals surface area contributed by atoms with E-state index in [1.165, 1.54) is 36.5 Å². The summed E-state index contributed by atoms with van der Waals surface area (Å²) in [7, 11) is 0. The summed E-state index contributed by atoms with van der Waals surface area (Å²) < 4.78 is 13.0. The van der Waals surface area contributed by atoms with Gasteiger partial charge in [-0.15, -0.1) is 0 Å². The Bertz CT molecular complexity index is 968. The van der Waals surface area contributed by atoms with Gasteiger partial charge in [-0.2, -0.15) is 10.1 Å². The standard InChI is InChI=1S/C17H12FN5O2/c18-12-6-4-11(5-7-12)14-9-15(22-17(25)21-14)16(24)23-20-10-13-3-1-2-8-19-13/h1-10H,(H,23,24)(H,21,22,25)/b20-10+. The molecular weight excluding hydrogens is 325 g/mol. The van der Waals surface area contributed by atoms with E-state index in [0.29, 0.717) is 11.3 Å². The number of H-pyrrole nitrogens is 1. The Labute approximate surface area is 141 Å². The molecule has 0 spiro atoms. The number of rotatable bonds is 4. The van der Waals surface area contributed by atoms with Crippen LogP contribution in [0.2, 0.25) is 0 Å². The first-order chi connectivity index (χ1) is 12.1. The average molecular weight is 337 g/mol. The van der Waals surface area contributed by atoms with Crippen LogP contribution in [0.1, 0.15) is 16.2 Å². The predicted octanol–water partition coefficient (Wildman–Crippen LogP) is 1.73. The molecule has 0 saturated carbocycles. The van der Waals surface area contributed by atoms with Crippen LogP contribution >= 0.6 is 0 Å². The van der Waals surface area contributed by atoms with Crippen LogP contribution < -0.4 is 11.1 Å². The fraction of sp³-hybridized carbons (Fsp3) is 0. The number of aromatic amines is 1. The molecule has 0 unspecified atom stereocenters. The maximum Gasteiger partial charge on any atom is 0.346 e. The second kappa shape index (κ2) is 7.26. The molecule has 2 heterocycles. The van der Waals surface area contributed by atoms with Gasteiger partial charge in [0.1, 0.15) is 11.5 Å². The summed E-state index contributed by atoms with van der Waals surface area (Å²) in [5.74, 6) is -1.02. The van der Waals surface area contributed by atoms with Gasteiger partial charge in [-0.1, -0.05) is 6.07 Å². The molecule has 25 heavy (non-hydrogen) atoms. The SMILES string of the molecule is O=C(N/N=C/c1ccccn1)c1cc(-c2ccc(F)cc2)nc(=O)[nH]1. The number of carbonyl (C=O) groups is 1. The third kappa shape index (κ3) is 4.20. The molecule has 2 aromatic heterocycles. The molecular formula is C17H12FN5O2. The number of nitrogens with zero attached hydrogens (tertiary/aromatic N) is 3. The van der Waals surface area contributed by atoms with E-state index >= 15 is 0 Å². The zero-order valence-electron chi connectivity index (χ0n) is 12.8. The second-order valence-corrected chi connectivity index (χ2v) is 4.95. The average Bonchev–Trinajstić information content (AvgIpc) is 2.62. The third-order valence-electron chi connectivity index (χ3n) is 3.18. The Balaban J connectivity index is 1.80. The minimum atomic E-state index is -0.694. The first-order valence-electron chi connectivity index (χ1n) is 7.23. The van der Waals surface area contributed by atoms with E-state index in [1.807, 2.05) is 0 Å². The number of halogens is 1. The minimum Gasteiger partial charge on any atom is -0.301 e. The highest BCUT2D eigenvalue weighted by atomic mass is 19.1. The minimum absolute atomic E-state index is 0.0162. The van der Waals surface area contributed by atoms with Crippen LogP contribution in [0.15, 0.2) is 64.6 Å². The smallest absolute Gasteiger partial charge is 0.301 e. The lowest BCUT2D eigenvalue weighted by atomic mass is 10.1. The largest absolute Gasteiger partial charge is 0.346 e. The molecule has 1 aromatic carbocycles. The zero-order chi connectivity index (χ0) is 17.6. The molecule has 2 N–H and O–H groups in total. The van der Waals surface area contributed by atoms with Gasteiger partial charge in [-0.3, -0.25) is 9.78 Å². The van der Waals surface area contributed by atoms with Gasteiger partial charge in [0.15, 0.2) is 0 Å². The van der Waals surface area contributed by atoms with Crippen LogP contribution in [-0.4, -0.2) is 27.1 Å². The van der Waals surface area contributed by atoms with Gasteiger partial charge < -0.3 is 4.98 Å². The highest BCUT2D eigenvalue weighted by molar-refractivity contribution is 5.93. The molecule has 0 aliphatic rings. The van der Waals surface area contributed by atoms with Gasteiger partial charge in [0.25, 0.3) is 5.91 Å². The molecule has 0 bridgehead atoms. The highest BCUT2D eigenvalue weighted by Crippen LogP contribution is 2.16. The Kier molecular flexibility index (Phi) is 4.70. The molecule has 124 valence electrons. The van der Waals surface area contributed by atoms with Gasteiger partial charge in [0.05, 0.1) is 17.6 Å². The number of pyridine rings is 1. The van der Waals surface area contributed by atoms with Crippen LogP contribution in [0.25, 0.3) is 11.3 Å². The number of carbonyl (C=O) groups excluding carboxylic acids is 1. The summed E-state index contributed by atoms with van der Waals surface area (Å²) in [6.07, 6.45) is 2.97. The Morgan fingerprint density at radius 1 is 1.20 bits per heavy atom. The highest BCUT2D eigenvalue weighted by Gasteiger charge is 2.10. The normalized spacial score (nSPS) is 10.8. The van der Waals surface area contributed by atoms with Crippen LogP contribution in [-0.2, 0) is 0 Å². The lowest BCUT2D eigenvalue weighted by molar-refractivity contribution is 0.0949. The van der Waals surface area contributed by atoms with Crippen molar-refractivity contribution in [3.63, 3.8) is 0 Å². The van der Waals surface area contributed by atoms with Gasteiger partial charge >= 0.3 is 5.69 Å². The molecule has 8 heteroatoms. The monoisotopic (exact) mass is 337 g/mol. The zero-order valence-corrected chi connectivity index (χ0v) is 12.8. The van der Waals surface area contributed by atoms with Crippen molar-refractivity contribution >= 4 is 12.1 Å². The Hall–Kier alpha value is -3.68. The van der Waals surface area contributed by atoms with E-state index in [4.69, 9.17) is 0 Å². The molecule has 1 amide bonds. The van der Waals surface area contributed by atoms with Gasteiger partial charge in [-0.05, 0) is 42.5 Å². The quantitative estimate of drug-likeness (QED) is 0.559. The number of benzene rings is 1. The van der Waals surface area contributed by atoms with Crippen molar-refractivity contribution in [3.05, 3.63) is 82.4 Å². The van der Waals surface area contributed by atoms with Crippen LogP contribution in [0, 0.1) is 5.82 Å². The van der Waals surface area contributed by atoms with Gasteiger partial charge in [0.2, 0.25) is 0 Å². The molecule has 7 nitrogen and oxygen atoms in total. The summed E-state index contributed by atoms with van der Waals surface area (Å²) in [5, 5.41) is 3.78. The van der Waals surface area contributed by atoms with E-state index in [9.17, 15) is 14.0 Å². The van der Waals surface area contributed by atoms with Crippen molar-refractivity contribution in [2.24, 2.45) is 5.10 Å². The number of hydrogen-bond donors (Lipinski definition) is 2. The number of hydrazone groups is 1. The van der Waals surface area contributed by atoms with Crippen molar-refractivity contribution in [1.29, 1.82) is 0 Å². The lowest BCUT2D eigenvalue weighted by Gasteiger charge is -2.03. The van der Waals surface area contributed by atoms with Crippen molar-refractivity contribution in [3.8, 4) is 11.3 Å². The first-order valence-corrected chi connectivity index (χ1v) is 7.23. The lowest BCUT2D eigenvalue weighted by Crippen LogP contribution is -2.24. The van der Waals surface area contributed by atoms with Crippen molar-refractivity contribution in [2.45, 2.75) is 0 Å². The summed E-state index contributed by atoms with van der Waals surface area (Å²) in [5.41, 5.74) is 2.92. The van der Waals surface area contributed by atoms with E-state index in [2.05, 4.69) is 25.5 Å². The van der Waals surface area contributed by atoms with Crippen molar-refractivity contribution in [2.75, 3.05) is 0 Å². The molecule has 0 radical (unpaired) electrons. The third-order valence-corrected chi connectivity index (χ3v) is 3.18. The molecule has 3 rings (SSSR count). The summed E-state index contributed by atoms with van der Waals surface area (Å²) in [6.45, 7) is 0. The molecule has 3 aromatic rings. The topological polar surface area (TPSA) is 100 Å². The van der Waals surface area contributed by atoms with Crippen LogP contribution in [0.5, 0.6) is 0 Å². The molecule has 0 atom stereocenters. The van der Waals surface area contributed by atoms with Crippen LogP contribution in [0.4, 0.5) is 4.39 Å². The number of amides is 1. The first kappa shape index (κ1) is 16.2. The molecule has 0 saturated heterocycles. The van der Waals surface area contributed by atoms with Crippen molar-refractivity contribution < 1.29 is 9.18 Å². The number of nitrogens with one attached hydrogen (secondary N) is 2. The van der Waals surface area contributed by atoms with Gasteiger partial charge in [0, 0.05) is 11.8 Å². The van der Waals surface area contributed by atoms with E-state index in [0.717, 1.165) is 0 Å².